The van der Waals surface area contributed by atoms with Crippen LogP contribution in [0.25, 0.3) is 11.0 Å². The van der Waals surface area contributed by atoms with Crippen LogP contribution in [0.15, 0.2) is 24.3 Å². The normalized spacial score (nSPS) is 20.8. The summed E-state index contributed by atoms with van der Waals surface area (Å²) in [6, 6.07) is 8.35. The van der Waals surface area contributed by atoms with Crippen molar-refractivity contribution in [3.05, 3.63) is 29.0 Å². The van der Waals surface area contributed by atoms with Crippen LogP contribution in [0, 0.1) is 4.77 Å². The Labute approximate surface area is 114 Å². The first kappa shape index (κ1) is 11.7. The Bertz CT molecular complexity index is 566. The molecule has 2 nitrogen and oxygen atoms in total. The maximum Gasteiger partial charge on any atom is 0.178 e. The highest BCUT2D eigenvalue weighted by Crippen LogP contribution is 2.26. The van der Waals surface area contributed by atoms with Crippen molar-refractivity contribution in [2.75, 3.05) is 17.3 Å². The summed E-state index contributed by atoms with van der Waals surface area (Å²) < 4.78 is 3.09. The van der Waals surface area contributed by atoms with E-state index >= 15 is 0 Å². The van der Waals surface area contributed by atoms with Crippen LogP contribution in [0.2, 0.25) is 0 Å². The molecule has 1 aliphatic heterocycles. The van der Waals surface area contributed by atoms with Crippen molar-refractivity contribution in [3.8, 4) is 0 Å². The van der Waals surface area contributed by atoms with Gasteiger partial charge in [0.25, 0.3) is 0 Å². The van der Waals surface area contributed by atoms with E-state index < -0.39 is 0 Å². The van der Waals surface area contributed by atoms with Crippen molar-refractivity contribution in [2.45, 2.75) is 11.8 Å². The molecule has 1 aromatic heterocycles. The molecule has 1 unspecified atom stereocenters. The van der Waals surface area contributed by atoms with Crippen molar-refractivity contribution in [2.24, 2.45) is 0 Å². The number of para-hydroxylation sites is 2. The summed E-state index contributed by atoms with van der Waals surface area (Å²) in [5.74, 6) is 3.80. The maximum atomic E-state index is 5.41. The van der Waals surface area contributed by atoms with Crippen LogP contribution in [0.4, 0.5) is 0 Å². The average Bonchev–Trinajstić information content (AvgIpc) is 2.68. The number of aromatic amines is 1. The van der Waals surface area contributed by atoms with E-state index in [9.17, 15) is 0 Å². The van der Waals surface area contributed by atoms with Gasteiger partial charge in [-0.2, -0.15) is 23.5 Å². The van der Waals surface area contributed by atoms with E-state index in [2.05, 4.69) is 51.3 Å². The molecule has 1 atom stereocenters. The van der Waals surface area contributed by atoms with E-state index in [1.54, 1.807) is 0 Å². The third kappa shape index (κ3) is 2.41. The number of nitrogens with zero attached hydrogens (tertiary/aromatic N) is 1. The minimum atomic E-state index is 0.694. The Morgan fingerprint density at radius 2 is 2.24 bits per heavy atom. The predicted molar refractivity (Wildman–Crippen MR) is 80.7 cm³/mol. The van der Waals surface area contributed by atoms with Gasteiger partial charge in [-0.15, -0.1) is 0 Å². The fraction of sp³-hybridized carbons (Fsp3) is 0.417. The molecule has 0 saturated carbocycles. The summed E-state index contributed by atoms with van der Waals surface area (Å²) in [5.41, 5.74) is 2.37. The smallest absolute Gasteiger partial charge is 0.178 e. The van der Waals surface area contributed by atoms with E-state index in [1.807, 2.05) is 6.07 Å². The van der Waals surface area contributed by atoms with Crippen LogP contribution >= 0.6 is 35.7 Å². The van der Waals surface area contributed by atoms with Gasteiger partial charge in [0.05, 0.1) is 11.0 Å². The number of fused-ring (bicyclic) bond motifs is 1. The number of benzene rings is 1. The van der Waals surface area contributed by atoms with Gasteiger partial charge < -0.3 is 9.55 Å². The SMILES string of the molecule is S=c1[nH]c2ccccc2n1CC1CSCCS1. The van der Waals surface area contributed by atoms with Crippen LogP contribution in [0.5, 0.6) is 0 Å². The summed E-state index contributed by atoms with van der Waals surface area (Å²) in [6.07, 6.45) is 0. The van der Waals surface area contributed by atoms with Crippen LogP contribution in [0.3, 0.4) is 0 Å². The number of thioether (sulfide) groups is 2. The van der Waals surface area contributed by atoms with Gasteiger partial charge in [-0.25, -0.2) is 0 Å². The third-order valence-corrected chi connectivity index (χ3v) is 6.10. The fourth-order valence-electron chi connectivity index (χ4n) is 2.13. The Morgan fingerprint density at radius 1 is 1.35 bits per heavy atom. The van der Waals surface area contributed by atoms with Crippen molar-refractivity contribution >= 4 is 46.8 Å². The number of hydrogen-bond acceptors (Lipinski definition) is 3. The topological polar surface area (TPSA) is 20.7 Å². The number of rotatable bonds is 2. The van der Waals surface area contributed by atoms with E-state index in [0.29, 0.717) is 5.25 Å². The van der Waals surface area contributed by atoms with Gasteiger partial charge in [0.2, 0.25) is 0 Å². The molecule has 1 aliphatic rings. The summed E-state index contributed by atoms with van der Waals surface area (Å²) in [7, 11) is 0. The summed E-state index contributed by atoms with van der Waals surface area (Å²) >= 11 is 9.55. The lowest BCUT2D eigenvalue weighted by molar-refractivity contribution is 0.705. The zero-order valence-corrected chi connectivity index (χ0v) is 11.8. The van der Waals surface area contributed by atoms with Gasteiger partial charge in [-0.1, -0.05) is 12.1 Å². The highest BCUT2D eigenvalue weighted by Gasteiger charge is 2.16. The van der Waals surface area contributed by atoms with Crippen LogP contribution in [-0.4, -0.2) is 32.1 Å². The summed E-state index contributed by atoms with van der Waals surface area (Å²) in [4.78, 5) is 3.28. The Hall–Kier alpha value is -0.390. The lowest BCUT2D eigenvalue weighted by atomic mass is 10.3. The molecule has 0 amide bonds. The van der Waals surface area contributed by atoms with Crippen LogP contribution < -0.4 is 0 Å². The van der Waals surface area contributed by atoms with Crippen molar-refractivity contribution in [3.63, 3.8) is 0 Å². The number of nitrogens with one attached hydrogen (secondary N) is 1. The van der Waals surface area contributed by atoms with E-state index in [4.69, 9.17) is 12.2 Å². The molecular weight excluding hydrogens is 268 g/mol. The minimum absolute atomic E-state index is 0.694. The lowest BCUT2D eigenvalue weighted by Gasteiger charge is -2.21. The van der Waals surface area contributed by atoms with Crippen molar-refractivity contribution in [1.82, 2.24) is 9.55 Å². The molecule has 17 heavy (non-hydrogen) atoms. The van der Waals surface area contributed by atoms with E-state index in [-0.39, 0.29) is 0 Å². The average molecular weight is 282 g/mol. The Balaban J connectivity index is 1.93. The van der Waals surface area contributed by atoms with Gasteiger partial charge in [0.15, 0.2) is 4.77 Å². The zero-order valence-electron chi connectivity index (χ0n) is 9.39. The quantitative estimate of drug-likeness (QED) is 0.851. The third-order valence-electron chi connectivity index (χ3n) is 2.95. The molecule has 90 valence electrons. The minimum Gasteiger partial charge on any atom is -0.331 e. The molecule has 2 heterocycles. The van der Waals surface area contributed by atoms with E-state index in [0.717, 1.165) is 16.8 Å². The molecule has 2 aromatic rings. The number of aromatic nitrogens is 2. The maximum absolute atomic E-state index is 5.41. The molecule has 1 aromatic carbocycles. The molecule has 5 heteroatoms. The highest BCUT2D eigenvalue weighted by atomic mass is 32.2. The Morgan fingerprint density at radius 3 is 3.06 bits per heavy atom. The van der Waals surface area contributed by atoms with Gasteiger partial charge >= 0.3 is 0 Å². The summed E-state index contributed by atoms with van der Waals surface area (Å²) in [5, 5.41) is 0.694. The molecular formula is C12H14N2S3. The van der Waals surface area contributed by atoms with Gasteiger partial charge in [0, 0.05) is 29.1 Å². The van der Waals surface area contributed by atoms with Gasteiger partial charge in [0.1, 0.15) is 0 Å². The van der Waals surface area contributed by atoms with Gasteiger partial charge in [-0.3, -0.25) is 0 Å². The number of imidazole rings is 1. The fourth-order valence-corrected chi connectivity index (χ4v) is 5.07. The first-order valence-electron chi connectivity index (χ1n) is 5.71. The summed E-state index contributed by atoms with van der Waals surface area (Å²) in [6.45, 7) is 1.03. The van der Waals surface area contributed by atoms with Crippen LogP contribution in [-0.2, 0) is 6.54 Å². The standard InChI is InChI=1S/C12H14N2S3/c15-12-13-10-3-1-2-4-11(10)14(12)7-9-8-16-5-6-17-9/h1-4,9H,5-8H2,(H,13,15). The number of H-pyrrole nitrogens is 1. The zero-order chi connectivity index (χ0) is 11.7. The predicted octanol–water partition coefficient (Wildman–Crippen LogP) is 3.55. The van der Waals surface area contributed by atoms with E-state index in [1.165, 1.54) is 22.8 Å². The Kier molecular flexibility index (Phi) is 3.49. The molecule has 1 N–H and O–H groups in total. The second kappa shape index (κ2) is 5.08. The largest absolute Gasteiger partial charge is 0.331 e. The monoisotopic (exact) mass is 282 g/mol. The van der Waals surface area contributed by atoms with Crippen molar-refractivity contribution in [1.29, 1.82) is 0 Å². The molecule has 3 rings (SSSR count). The first-order chi connectivity index (χ1) is 8.34. The second-order valence-corrected chi connectivity index (χ2v) is 7.07. The first-order valence-corrected chi connectivity index (χ1v) is 8.32. The molecule has 1 fully saturated rings. The molecule has 0 aliphatic carbocycles. The van der Waals surface area contributed by atoms with Crippen LogP contribution in [0.1, 0.15) is 0 Å². The second-order valence-electron chi connectivity index (χ2n) is 4.13. The lowest BCUT2D eigenvalue weighted by Crippen LogP contribution is -2.20. The van der Waals surface area contributed by atoms with Gasteiger partial charge in [-0.05, 0) is 24.4 Å². The molecule has 0 bridgehead atoms. The molecule has 0 radical (unpaired) electrons. The molecule has 0 spiro atoms. The van der Waals surface area contributed by atoms with Crippen molar-refractivity contribution < 1.29 is 0 Å². The molecule has 1 saturated heterocycles. The number of hydrogen-bond donors (Lipinski definition) is 1. The highest BCUT2D eigenvalue weighted by molar-refractivity contribution is 8.06.